The van der Waals surface area contributed by atoms with Crippen LogP contribution in [-0.4, -0.2) is 19.2 Å². The number of nitrogens with zero attached hydrogens (tertiary/aromatic N) is 1. The Morgan fingerprint density at radius 1 is 0.969 bits per heavy atom. The molecule has 0 saturated carbocycles. The number of benzene rings is 4. The normalized spacial score (nSPS) is 10.9. The van der Waals surface area contributed by atoms with Crippen molar-refractivity contribution >= 4 is 38.8 Å². The number of ether oxygens (including phenoxy) is 2. The fourth-order valence-electron chi connectivity index (χ4n) is 3.33. The van der Waals surface area contributed by atoms with Crippen molar-refractivity contribution in [2.75, 3.05) is 7.11 Å². The van der Waals surface area contributed by atoms with Crippen LogP contribution in [-0.2, 0) is 6.61 Å². The van der Waals surface area contributed by atoms with Crippen LogP contribution in [0.2, 0.25) is 0 Å². The van der Waals surface area contributed by atoms with Crippen LogP contribution in [0, 0.1) is 0 Å². The van der Waals surface area contributed by atoms with Gasteiger partial charge in [-0.3, -0.25) is 4.79 Å². The Morgan fingerprint density at radius 2 is 1.72 bits per heavy atom. The van der Waals surface area contributed by atoms with Gasteiger partial charge >= 0.3 is 0 Å². The van der Waals surface area contributed by atoms with Crippen molar-refractivity contribution in [2.24, 2.45) is 5.10 Å². The van der Waals surface area contributed by atoms with E-state index in [1.54, 1.807) is 19.4 Å². The van der Waals surface area contributed by atoms with Crippen molar-refractivity contribution in [3.8, 4) is 11.5 Å². The van der Waals surface area contributed by atoms with Gasteiger partial charge in [0.15, 0.2) is 11.5 Å². The molecular formula is C26H21BrN2O3. The minimum atomic E-state index is -0.279. The predicted octanol–water partition coefficient (Wildman–Crippen LogP) is 5.95. The molecule has 1 N–H and O–H groups in total. The highest BCUT2D eigenvalue weighted by atomic mass is 79.9. The van der Waals surface area contributed by atoms with Crippen molar-refractivity contribution in [2.45, 2.75) is 6.61 Å². The smallest absolute Gasteiger partial charge is 0.271 e. The first-order valence-corrected chi connectivity index (χ1v) is 10.8. The van der Waals surface area contributed by atoms with E-state index in [1.807, 2.05) is 78.9 Å². The van der Waals surface area contributed by atoms with Gasteiger partial charge in [0.25, 0.3) is 5.91 Å². The number of nitrogens with one attached hydrogen (secondary N) is 1. The van der Waals surface area contributed by atoms with Crippen molar-refractivity contribution < 1.29 is 14.3 Å². The van der Waals surface area contributed by atoms with E-state index >= 15 is 0 Å². The quantitative estimate of drug-likeness (QED) is 0.258. The molecule has 0 heterocycles. The highest BCUT2D eigenvalue weighted by Gasteiger charge is 2.11. The summed E-state index contributed by atoms with van der Waals surface area (Å²) in [4.78, 5) is 12.7. The molecule has 6 heteroatoms. The monoisotopic (exact) mass is 488 g/mol. The predicted molar refractivity (Wildman–Crippen MR) is 130 cm³/mol. The number of hydrazone groups is 1. The molecule has 0 atom stereocenters. The molecule has 4 aromatic carbocycles. The number of hydrogen-bond acceptors (Lipinski definition) is 4. The third kappa shape index (κ3) is 4.98. The van der Waals surface area contributed by atoms with Crippen LogP contribution in [0.15, 0.2) is 94.5 Å². The number of fused-ring (bicyclic) bond motifs is 1. The molecule has 0 bridgehead atoms. The lowest BCUT2D eigenvalue weighted by molar-refractivity contribution is 0.0957. The summed E-state index contributed by atoms with van der Waals surface area (Å²) < 4.78 is 12.5. The maximum atomic E-state index is 12.7. The Balaban J connectivity index is 1.51. The van der Waals surface area contributed by atoms with Crippen LogP contribution in [0.3, 0.4) is 0 Å². The van der Waals surface area contributed by atoms with Crippen LogP contribution in [0.25, 0.3) is 10.8 Å². The zero-order valence-electron chi connectivity index (χ0n) is 17.4. The number of hydrogen-bond donors (Lipinski definition) is 1. The van der Waals surface area contributed by atoms with Crippen molar-refractivity contribution in [1.29, 1.82) is 0 Å². The highest BCUT2D eigenvalue weighted by molar-refractivity contribution is 9.10. The van der Waals surface area contributed by atoms with E-state index in [9.17, 15) is 4.79 Å². The fraction of sp³-hybridized carbons (Fsp3) is 0.0769. The molecule has 0 aromatic heterocycles. The van der Waals surface area contributed by atoms with Gasteiger partial charge in [-0.2, -0.15) is 5.10 Å². The van der Waals surface area contributed by atoms with E-state index in [0.717, 1.165) is 20.8 Å². The Kier molecular flexibility index (Phi) is 6.82. The molecule has 0 fully saturated rings. The number of methoxy groups -OCH3 is 1. The number of halogens is 1. The first-order chi connectivity index (χ1) is 15.7. The van der Waals surface area contributed by atoms with Crippen LogP contribution in [0.1, 0.15) is 21.5 Å². The SMILES string of the molecule is COc1cccc(/C=N\NC(=O)c2cccc3ccccc23)c1OCc1ccc(Br)cc1. The largest absolute Gasteiger partial charge is 0.493 e. The summed E-state index contributed by atoms with van der Waals surface area (Å²) in [6.45, 7) is 0.372. The Labute approximate surface area is 194 Å². The summed E-state index contributed by atoms with van der Waals surface area (Å²) >= 11 is 3.43. The van der Waals surface area contributed by atoms with Crippen molar-refractivity contribution in [1.82, 2.24) is 5.43 Å². The second-order valence-electron chi connectivity index (χ2n) is 7.02. The molecule has 0 aliphatic rings. The lowest BCUT2D eigenvalue weighted by Gasteiger charge is -2.13. The van der Waals surface area contributed by atoms with Gasteiger partial charge in [0.2, 0.25) is 0 Å². The average Bonchev–Trinajstić information content (AvgIpc) is 2.83. The molecule has 0 spiro atoms. The maximum absolute atomic E-state index is 12.7. The zero-order chi connectivity index (χ0) is 22.3. The van der Waals surface area contributed by atoms with Crippen molar-refractivity contribution in [3.05, 3.63) is 106 Å². The lowest BCUT2D eigenvalue weighted by atomic mass is 10.0. The molecule has 1 amide bonds. The highest BCUT2D eigenvalue weighted by Crippen LogP contribution is 2.31. The van der Waals surface area contributed by atoms with E-state index in [2.05, 4.69) is 26.5 Å². The van der Waals surface area contributed by atoms with Gasteiger partial charge in [-0.15, -0.1) is 0 Å². The van der Waals surface area contributed by atoms with Gasteiger partial charge in [0.1, 0.15) is 6.61 Å². The molecule has 0 aliphatic heterocycles. The summed E-state index contributed by atoms with van der Waals surface area (Å²) in [6, 6.07) is 26.8. The number of rotatable bonds is 7. The van der Waals surface area contributed by atoms with E-state index in [4.69, 9.17) is 9.47 Å². The molecule has 4 aromatic rings. The minimum absolute atomic E-state index is 0.279. The van der Waals surface area contributed by atoms with Gasteiger partial charge in [-0.25, -0.2) is 5.43 Å². The van der Waals surface area contributed by atoms with Crippen molar-refractivity contribution in [3.63, 3.8) is 0 Å². The van der Waals surface area contributed by atoms with Crippen LogP contribution in [0.4, 0.5) is 0 Å². The average molecular weight is 489 g/mol. The minimum Gasteiger partial charge on any atom is -0.493 e. The summed E-state index contributed by atoms with van der Waals surface area (Å²) in [5, 5.41) is 6.04. The number of carbonyl (C=O) groups excluding carboxylic acids is 1. The third-order valence-corrected chi connectivity index (χ3v) is 5.46. The van der Waals surface area contributed by atoms with E-state index in [1.165, 1.54) is 0 Å². The van der Waals surface area contributed by atoms with Gasteiger partial charge in [0, 0.05) is 15.6 Å². The van der Waals surface area contributed by atoms with Gasteiger partial charge in [-0.1, -0.05) is 70.5 Å². The first kappa shape index (κ1) is 21.6. The fourth-order valence-corrected chi connectivity index (χ4v) is 3.59. The second kappa shape index (κ2) is 10.1. The summed E-state index contributed by atoms with van der Waals surface area (Å²) in [5.41, 5.74) is 4.89. The maximum Gasteiger partial charge on any atom is 0.271 e. The van der Waals surface area contributed by atoms with Gasteiger partial charge < -0.3 is 9.47 Å². The Hall–Kier alpha value is -3.64. The second-order valence-corrected chi connectivity index (χ2v) is 7.94. The van der Waals surface area contributed by atoms with Crippen LogP contribution < -0.4 is 14.9 Å². The Morgan fingerprint density at radius 3 is 2.53 bits per heavy atom. The molecule has 0 radical (unpaired) electrons. The lowest BCUT2D eigenvalue weighted by Crippen LogP contribution is -2.18. The van der Waals surface area contributed by atoms with E-state index in [-0.39, 0.29) is 5.91 Å². The topological polar surface area (TPSA) is 59.9 Å². The third-order valence-electron chi connectivity index (χ3n) is 4.93. The first-order valence-electron chi connectivity index (χ1n) is 10.0. The summed E-state index contributed by atoms with van der Waals surface area (Å²) in [5.74, 6) is 0.866. The Bertz CT molecular complexity index is 1260. The molecule has 0 aliphatic carbocycles. The molecule has 0 unspecified atom stereocenters. The zero-order valence-corrected chi connectivity index (χ0v) is 19.0. The molecule has 5 nitrogen and oxygen atoms in total. The number of carbonyl (C=O) groups is 1. The van der Waals surface area contributed by atoms with Gasteiger partial charge in [-0.05, 0) is 46.7 Å². The number of para-hydroxylation sites is 1. The molecule has 160 valence electrons. The van der Waals surface area contributed by atoms with Crippen LogP contribution >= 0.6 is 15.9 Å². The number of amides is 1. The van der Waals surface area contributed by atoms with E-state index in [0.29, 0.717) is 29.2 Å². The molecule has 4 rings (SSSR count). The van der Waals surface area contributed by atoms with E-state index < -0.39 is 0 Å². The molecule has 32 heavy (non-hydrogen) atoms. The summed E-state index contributed by atoms with van der Waals surface area (Å²) in [6.07, 6.45) is 1.56. The van der Waals surface area contributed by atoms with Crippen LogP contribution in [0.5, 0.6) is 11.5 Å². The molecular weight excluding hydrogens is 468 g/mol. The molecule has 0 saturated heterocycles. The standard InChI is InChI=1S/C26H21BrN2O3/c1-31-24-11-5-8-20(25(24)32-17-18-12-14-21(27)15-13-18)16-28-29-26(30)23-10-4-7-19-6-2-3-9-22(19)23/h2-16H,17H2,1H3,(H,29,30)/b28-16-. The summed E-state index contributed by atoms with van der Waals surface area (Å²) in [7, 11) is 1.59. The van der Waals surface area contributed by atoms with Gasteiger partial charge in [0.05, 0.1) is 13.3 Å².